The van der Waals surface area contributed by atoms with Crippen molar-refractivity contribution in [2.45, 2.75) is 0 Å². The van der Waals surface area contributed by atoms with E-state index in [0.29, 0.717) is 16.8 Å². The molecule has 12 heteroatoms. The first-order valence-electron chi connectivity index (χ1n) is 8.97. The number of benzene rings is 2. The number of nitrogens with one attached hydrogen (secondary N) is 1. The van der Waals surface area contributed by atoms with Crippen LogP contribution in [0.1, 0.15) is 5.56 Å². The van der Waals surface area contributed by atoms with E-state index in [1.165, 1.54) is 24.4 Å². The van der Waals surface area contributed by atoms with Gasteiger partial charge in [0.15, 0.2) is 0 Å². The van der Waals surface area contributed by atoms with Crippen molar-refractivity contribution in [2.75, 3.05) is 24.2 Å². The van der Waals surface area contributed by atoms with Gasteiger partial charge in [-0.15, -0.1) is 0 Å². The van der Waals surface area contributed by atoms with Crippen molar-refractivity contribution in [3.05, 3.63) is 63.2 Å². The molecule has 0 radical (unpaired) electrons. The summed E-state index contributed by atoms with van der Waals surface area (Å²) in [4.78, 5) is 16.6. The summed E-state index contributed by atoms with van der Waals surface area (Å²) in [5, 5.41) is 5.26. The summed E-state index contributed by atoms with van der Waals surface area (Å²) >= 11 is 18.0. The molecule has 8 nitrogen and oxygen atoms in total. The van der Waals surface area contributed by atoms with E-state index in [9.17, 15) is 13.2 Å². The van der Waals surface area contributed by atoms with Crippen LogP contribution in [0.25, 0.3) is 10.9 Å². The van der Waals surface area contributed by atoms with Crippen molar-refractivity contribution >= 4 is 73.5 Å². The molecular formula is C20H17Cl3N4O4S. The highest BCUT2D eigenvalue weighted by Crippen LogP contribution is 2.28. The lowest BCUT2D eigenvalue weighted by atomic mass is 10.1. The van der Waals surface area contributed by atoms with Crippen molar-refractivity contribution < 1.29 is 17.9 Å². The summed E-state index contributed by atoms with van der Waals surface area (Å²) < 4.78 is 30.4. The maximum Gasteiger partial charge on any atom is 0.260 e. The number of fused-ring (bicyclic) bond motifs is 1. The summed E-state index contributed by atoms with van der Waals surface area (Å²) in [7, 11) is -2.22. The highest BCUT2D eigenvalue weighted by molar-refractivity contribution is 7.92. The predicted molar refractivity (Wildman–Crippen MR) is 128 cm³/mol. The molecule has 0 atom stereocenters. The summed E-state index contributed by atoms with van der Waals surface area (Å²) in [6, 6.07) is 11.3. The quantitative estimate of drug-likeness (QED) is 0.290. The third kappa shape index (κ3) is 5.80. The molecule has 0 bridgehead atoms. The molecular weight excluding hydrogens is 499 g/mol. The van der Waals surface area contributed by atoms with Gasteiger partial charge in [-0.1, -0.05) is 34.8 Å². The monoisotopic (exact) mass is 514 g/mol. The highest BCUT2D eigenvalue weighted by atomic mass is 35.5. The van der Waals surface area contributed by atoms with Crippen LogP contribution in [0, 0.1) is 0 Å². The van der Waals surface area contributed by atoms with Crippen LogP contribution in [0.4, 0.5) is 5.69 Å². The zero-order valence-corrected chi connectivity index (χ0v) is 19.9. The van der Waals surface area contributed by atoms with Gasteiger partial charge >= 0.3 is 0 Å². The van der Waals surface area contributed by atoms with Crippen molar-refractivity contribution in [1.82, 2.24) is 10.4 Å². The summed E-state index contributed by atoms with van der Waals surface area (Å²) in [6.45, 7) is -0.516. The number of halogens is 3. The molecule has 0 spiro atoms. The number of methoxy groups -OCH3 is 1. The smallest absolute Gasteiger partial charge is 0.260 e. The number of rotatable bonds is 7. The average molecular weight is 516 g/mol. The molecule has 1 heterocycles. The lowest BCUT2D eigenvalue weighted by molar-refractivity contribution is -0.119. The first kappa shape index (κ1) is 24.1. The fraction of sp³-hybridized carbons (Fsp3) is 0.150. The maximum absolute atomic E-state index is 12.3. The van der Waals surface area contributed by atoms with Gasteiger partial charge in [0.1, 0.15) is 17.4 Å². The second-order valence-corrected chi connectivity index (χ2v) is 9.67. The molecule has 0 saturated heterocycles. The van der Waals surface area contributed by atoms with E-state index >= 15 is 0 Å². The number of sulfonamides is 1. The minimum Gasteiger partial charge on any atom is -0.497 e. The van der Waals surface area contributed by atoms with E-state index in [0.717, 1.165) is 15.9 Å². The number of pyridine rings is 1. The molecule has 0 unspecified atom stereocenters. The Kier molecular flexibility index (Phi) is 7.45. The summed E-state index contributed by atoms with van der Waals surface area (Å²) in [6.07, 6.45) is 2.29. The van der Waals surface area contributed by atoms with Crippen LogP contribution < -0.4 is 14.5 Å². The van der Waals surface area contributed by atoms with Gasteiger partial charge in [0, 0.05) is 17.0 Å². The van der Waals surface area contributed by atoms with Gasteiger partial charge in [-0.2, -0.15) is 5.10 Å². The van der Waals surface area contributed by atoms with E-state index in [4.69, 9.17) is 39.5 Å². The maximum atomic E-state index is 12.3. The Hall–Kier alpha value is -2.59. The molecule has 0 aliphatic carbocycles. The van der Waals surface area contributed by atoms with E-state index in [1.807, 2.05) is 6.07 Å². The van der Waals surface area contributed by atoms with Gasteiger partial charge in [0.2, 0.25) is 10.0 Å². The summed E-state index contributed by atoms with van der Waals surface area (Å²) in [5.41, 5.74) is 3.58. The Morgan fingerprint density at radius 2 is 1.91 bits per heavy atom. The second kappa shape index (κ2) is 9.91. The predicted octanol–water partition coefficient (Wildman–Crippen LogP) is 4.12. The van der Waals surface area contributed by atoms with Crippen molar-refractivity contribution in [3.8, 4) is 5.75 Å². The fourth-order valence-electron chi connectivity index (χ4n) is 2.74. The van der Waals surface area contributed by atoms with E-state index in [2.05, 4.69) is 15.5 Å². The van der Waals surface area contributed by atoms with Crippen LogP contribution in [-0.4, -0.2) is 45.4 Å². The molecule has 168 valence electrons. The largest absolute Gasteiger partial charge is 0.497 e. The molecule has 1 aromatic heterocycles. The van der Waals surface area contributed by atoms with Gasteiger partial charge in [-0.05, 0) is 36.4 Å². The standard InChI is InChI=1S/C20H17Cl3N4O4S/c1-31-15-5-3-12-7-13(20(23)25-18(12)9-15)10-24-26-19(28)11-27(32(2,29)30)14-4-6-16(21)17(22)8-14/h3-10H,11H2,1-2H3,(H,26,28)/b24-10+. The Bertz CT molecular complexity index is 1320. The van der Waals surface area contributed by atoms with Gasteiger partial charge in [0.25, 0.3) is 5.91 Å². The summed E-state index contributed by atoms with van der Waals surface area (Å²) in [5.74, 6) is -0.0282. The molecule has 0 aliphatic rings. The molecule has 0 saturated carbocycles. The van der Waals surface area contributed by atoms with E-state index in [-0.39, 0.29) is 20.9 Å². The number of aromatic nitrogens is 1. The molecule has 2 aromatic carbocycles. The topological polar surface area (TPSA) is 101 Å². The molecule has 32 heavy (non-hydrogen) atoms. The number of hydrogen-bond acceptors (Lipinski definition) is 6. The first-order valence-corrected chi connectivity index (χ1v) is 12.0. The number of amides is 1. The number of anilines is 1. The molecule has 3 aromatic rings. The number of ether oxygens (including phenoxy) is 1. The minimum absolute atomic E-state index is 0.160. The van der Waals surface area contributed by atoms with Crippen LogP contribution in [0.3, 0.4) is 0 Å². The number of nitrogens with zero attached hydrogens (tertiary/aromatic N) is 3. The van der Waals surface area contributed by atoms with E-state index < -0.39 is 22.5 Å². The average Bonchev–Trinajstić information content (AvgIpc) is 2.73. The molecule has 1 amide bonds. The molecule has 0 fully saturated rings. The zero-order valence-electron chi connectivity index (χ0n) is 16.8. The van der Waals surface area contributed by atoms with Gasteiger partial charge < -0.3 is 4.74 Å². The van der Waals surface area contributed by atoms with Gasteiger partial charge in [-0.3, -0.25) is 9.10 Å². The van der Waals surface area contributed by atoms with Crippen LogP contribution in [0.2, 0.25) is 15.2 Å². The highest BCUT2D eigenvalue weighted by Gasteiger charge is 2.21. The first-order chi connectivity index (χ1) is 15.1. The number of hydrazone groups is 1. The van der Waals surface area contributed by atoms with Gasteiger partial charge in [0.05, 0.1) is 40.8 Å². The Balaban J connectivity index is 1.75. The van der Waals surface area contributed by atoms with Crippen molar-refractivity contribution in [3.63, 3.8) is 0 Å². The Morgan fingerprint density at radius 3 is 2.56 bits per heavy atom. The number of carbonyl (C=O) groups excluding carboxylic acids is 1. The van der Waals surface area contributed by atoms with Crippen LogP contribution >= 0.6 is 34.8 Å². The zero-order chi connectivity index (χ0) is 23.5. The van der Waals surface area contributed by atoms with Gasteiger partial charge in [-0.25, -0.2) is 18.8 Å². The number of hydrogen-bond donors (Lipinski definition) is 1. The lowest BCUT2D eigenvalue weighted by Crippen LogP contribution is -2.39. The van der Waals surface area contributed by atoms with Crippen LogP contribution in [0.5, 0.6) is 5.75 Å². The molecule has 3 rings (SSSR count). The molecule has 1 N–H and O–H groups in total. The lowest BCUT2D eigenvalue weighted by Gasteiger charge is -2.21. The van der Waals surface area contributed by atoms with Crippen LogP contribution in [0.15, 0.2) is 47.6 Å². The van der Waals surface area contributed by atoms with E-state index in [1.54, 1.807) is 25.3 Å². The van der Waals surface area contributed by atoms with Crippen molar-refractivity contribution in [1.29, 1.82) is 0 Å². The Morgan fingerprint density at radius 1 is 1.16 bits per heavy atom. The normalized spacial score (nSPS) is 11.7. The van der Waals surface area contributed by atoms with Crippen LogP contribution in [-0.2, 0) is 14.8 Å². The Labute approximate surface area is 199 Å². The third-order valence-electron chi connectivity index (χ3n) is 4.28. The third-order valence-corrected chi connectivity index (χ3v) is 6.46. The second-order valence-electron chi connectivity index (χ2n) is 6.59. The SMILES string of the molecule is COc1ccc2cc(/C=N/NC(=O)CN(c3ccc(Cl)c(Cl)c3)S(C)(=O)=O)c(Cl)nc2c1. The van der Waals surface area contributed by atoms with Crippen molar-refractivity contribution in [2.24, 2.45) is 5.10 Å². The molecule has 0 aliphatic heterocycles. The minimum atomic E-state index is -3.78. The fourth-order valence-corrected chi connectivity index (χ4v) is 4.07. The number of carbonyl (C=O) groups is 1.